The minimum Gasteiger partial charge on any atom is -0.356 e. The number of guanidine groups is 1. The zero-order chi connectivity index (χ0) is 21.1. The number of nitrogens with one attached hydrogen (secondary N) is 1. The Labute approximate surface area is 199 Å². The molecule has 2 amide bonds. The number of benzene rings is 1. The first-order chi connectivity index (χ1) is 14.6. The molecule has 0 spiro atoms. The second kappa shape index (κ2) is 10.1. The standard InChI is InChI=1S/C21H27N7O2.HI/c1-3-22-21(23-13-19(29)28-9-8-16-6-4-5-7-18(16)28)26-10-11-27(20(30)15-26)17-12-24-25(2)14-17;/h4-7,12,14H,3,8-11,13,15H2,1-2H3,(H,22,23);1H. The molecule has 4 rings (SSSR count). The second-order valence-corrected chi connectivity index (χ2v) is 7.43. The van der Waals surface area contributed by atoms with Crippen LogP contribution in [0.5, 0.6) is 0 Å². The summed E-state index contributed by atoms with van der Waals surface area (Å²) in [5, 5.41) is 7.36. The number of piperazine rings is 1. The van der Waals surface area contributed by atoms with Gasteiger partial charge in [-0.05, 0) is 25.0 Å². The van der Waals surface area contributed by atoms with Crippen molar-refractivity contribution in [2.75, 3.05) is 49.1 Å². The molecule has 0 aliphatic carbocycles. The van der Waals surface area contributed by atoms with Gasteiger partial charge in [-0.1, -0.05) is 18.2 Å². The molecule has 2 aromatic rings. The van der Waals surface area contributed by atoms with E-state index in [1.54, 1.807) is 20.7 Å². The third-order valence-electron chi connectivity index (χ3n) is 5.41. The number of aryl methyl sites for hydroxylation is 1. The number of fused-ring (bicyclic) bond motifs is 1. The molecule has 1 aromatic carbocycles. The van der Waals surface area contributed by atoms with Crippen LogP contribution in [-0.4, -0.2) is 71.7 Å². The highest BCUT2D eigenvalue weighted by Crippen LogP contribution is 2.27. The molecule has 10 heteroatoms. The van der Waals surface area contributed by atoms with Gasteiger partial charge in [0.2, 0.25) is 11.8 Å². The number of nitrogens with zero attached hydrogens (tertiary/aromatic N) is 6. The number of aliphatic imine (C=N–C) groups is 1. The number of carbonyl (C=O) groups excluding carboxylic acids is 2. The van der Waals surface area contributed by atoms with Crippen molar-refractivity contribution < 1.29 is 9.59 Å². The summed E-state index contributed by atoms with van der Waals surface area (Å²) in [6, 6.07) is 7.98. The molecule has 2 aliphatic heterocycles. The Morgan fingerprint density at radius 3 is 2.74 bits per heavy atom. The monoisotopic (exact) mass is 537 g/mol. The molecule has 1 fully saturated rings. The summed E-state index contributed by atoms with van der Waals surface area (Å²) in [5.74, 6) is 0.549. The molecular weight excluding hydrogens is 509 g/mol. The quantitative estimate of drug-likeness (QED) is 0.361. The van der Waals surface area contributed by atoms with Crippen molar-refractivity contribution in [3.8, 4) is 0 Å². The van der Waals surface area contributed by atoms with Gasteiger partial charge in [-0.3, -0.25) is 14.3 Å². The summed E-state index contributed by atoms with van der Waals surface area (Å²) in [6.45, 7) is 4.76. The fourth-order valence-corrected chi connectivity index (χ4v) is 3.93. The van der Waals surface area contributed by atoms with Crippen molar-refractivity contribution in [1.82, 2.24) is 20.0 Å². The smallest absolute Gasteiger partial charge is 0.248 e. The zero-order valence-corrected chi connectivity index (χ0v) is 20.2. The van der Waals surface area contributed by atoms with Crippen LogP contribution in [0.25, 0.3) is 0 Å². The van der Waals surface area contributed by atoms with Gasteiger partial charge in [0.05, 0.1) is 11.9 Å². The Kier molecular flexibility index (Phi) is 7.52. The fourth-order valence-electron chi connectivity index (χ4n) is 3.93. The number of para-hydroxylation sites is 1. The number of hydrogen-bond acceptors (Lipinski definition) is 4. The van der Waals surface area contributed by atoms with Gasteiger partial charge >= 0.3 is 0 Å². The minimum atomic E-state index is -0.0318. The van der Waals surface area contributed by atoms with Gasteiger partial charge in [-0.2, -0.15) is 5.10 Å². The van der Waals surface area contributed by atoms with Gasteiger partial charge in [-0.15, -0.1) is 24.0 Å². The summed E-state index contributed by atoms with van der Waals surface area (Å²) in [5.41, 5.74) is 2.97. The number of amides is 2. The second-order valence-electron chi connectivity index (χ2n) is 7.43. The number of aromatic nitrogens is 2. The maximum atomic E-state index is 12.8. The molecule has 0 atom stereocenters. The Morgan fingerprint density at radius 2 is 2.03 bits per heavy atom. The first kappa shape index (κ1) is 23.0. The molecule has 0 saturated carbocycles. The largest absolute Gasteiger partial charge is 0.356 e. The van der Waals surface area contributed by atoms with E-state index in [9.17, 15) is 9.59 Å². The van der Waals surface area contributed by atoms with Crippen molar-refractivity contribution in [2.24, 2.45) is 12.0 Å². The van der Waals surface area contributed by atoms with E-state index in [1.807, 2.05) is 43.3 Å². The molecule has 0 radical (unpaired) electrons. The summed E-state index contributed by atoms with van der Waals surface area (Å²) in [4.78, 5) is 35.5. The maximum Gasteiger partial charge on any atom is 0.248 e. The van der Waals surface area contributed by atoms with Crippen molar-refractivity contribution in [2.45, 2.75) is 13.3 Å². The van der Waals surface area contributed by atoms with Crippen LogP contribution in [0.2, 0.25) is 0 Å². The molecule has 0 unspecified atom stereocenters. The molecule has 3 heterocycles. The van der Waals surface area contributed by atoms with Gasteiger partial charge in [0.1, 0.15) is 13.1 Å². The van der Waals surface area contributed by atoms with E-state index in [1.165, 1.54) is 5.56 Å². The number of hydrogen-bond donors (Lipinski definition) is 1. The normalized spacial score (nSPS) is 16.3. The summed E-state index contributed by atoms with van der Waals surface area (Å²) in [6.07, 6.45) is 4.40. The molecule has 0 bridgehead atoms. The average molecular weight is 537 g/mol. The minimum absolute atomic E-state index is 0. The van der Waals surface area contributed by atoms with Crippen LogP contribution >= 0.6 is 24.0 Å². The third-order valence-corrected chi connectivity index (χ3v) is 5.41. The maximum absolute atomic E-state index is 12.8. The molecule has 31 heavy (non-hydrogen) atoms. The molecule has 1 N–H and O–H groups in total. The van der Waals surface area contributed by atoms with E-state index >= 15 is 0 Å². The predicted octanol–water partition coefficient (Wildman–Crippen LogP) is 1.24. The van der Waals surface area contributed by atoms with Crippen LogP contribution in [0, 0.1) is 0 Å². The predicted molar refractivity (Wildman–Crippen MR) is 131 cm³/mol. The lowest BCUT2D eigenvalue weighted by Gasteiger charge is -2.35. The number of rotatable bonds is 4. The van der Waals surface area contributed by atoms with Crippen molar-refractivity contribution >= 4 is 53.1 Å². The van der Waals surface area contributed by atoms with Crippen LogP contribution in [0.3, 0.4) is 0 Å². The molecule has 166 valence electrons. The molecule has 1 saturated heterocycles. The van der Waals surface area contributed by atoms with Crippen LogP contribution in [0.15, 0.2) is 41.7 Å². The highest BCUT2D eigenvalue weighted by molar-refractivity contribution is 14.0. The Balaban J connectivity index is 0.00000272. The number of anilines is 2. The average Bonchev–Trinajstić information content (AvgIpc) is 3.37. The van der Waals surface area contributed by atoms with Crippen molar-refractivity contribution in [1.29, 1.82) is 0 Å². The molecule has 9 nitrogen and oxygen atoms in total. The van der Waals surface area contributed by atoms with Crippen molar-refractivity contribution in [3.05, 3.63) is 42.2 Å². The van der Waals surface area contributed by atoms with E-state index in [2.05, 4.69) is 21.5 Å². The molecular formula is C21H28IN7O2. The lowest BCUT2D eigenvalue weighted by molar-refractivity contribution is -0.120. The molecule has 2 aliphatic rings. The van der Waals surface area contributed by atoms with E-state index in [-0.39, 0.29) is 48.9 Å². The Hall–Kier alpha value is -2.63. The lowest BCUT2D eigenvalue weighted by atomic mass is 10.2. The summed E-state index contributed by atoms with van der Waals surface area (Å²) < 4.78 is 1.68. The summed E-state index contributed by atoms with van der Waals surface area (Å²) in [7, 11) is 1.83. The van der Waals surface area contributed by atoms with Gasteiger partial charge in [0.15, 0.2) is 5.96 Å². The van der Waals surface area contributed by atoms with E-state index in [0.717, 1.165) is 17.8 Å². The van der Waals surface area contributed by atoms with E-state index in [0.29, 0.717) is 32.1 Å². The van der Waals surface area contributed by atoms with Crippen LogP contribution < -0.4 is 15.1 Å². The Bertz CT molecular complexity index is 974. The van der Waals surface area contributed by atoms with Gasteiger partial charge < -0.3 is 20.0 Å². The first-order valence-corrected chi connectivity index (χ1v) is 10.3. The summed E-state index contributed by atoms with van der Waals surface area (Å²) >= 11 is 0. The van der Waals surface area contributed by atoms with Crippen LogP contribution in [0.4, 0.5) is 11.4 Å². The highest BCUT2D eigenvalue weighted by atomic mass is 127. The number of halogens is 1. The Morgan fingerprint density at radius 1 is 1.23 bits per heavy atom. The third kappa shape index (κ3) is 5.00. The SMILES string of the molecule is CCNC(=NCC(=O)N1CCc2ccccc21)N1CCN(c2cnn(C)c2)C(=O)C1.I. The topological polar surface area (TPSA) is 86.1 Å². The van der Waals surface area contributed by atoms with Crippen LogP contribution in [0.1, 0.15) is 12.5 Å². The van der Waals surface area contributed by atoms with Crippen LogP contribution in [-0.2, 0) is 23.1 Å². The highest BCUT2D eigenvalue weighted by Gasteiger charge is 2.28. The fraction of sp³-hybridized carbons (Fsp3) is 0.429. The van der Waals surface area contributed by atoms with Gasteiger partial charge in [0.25, 0.3) is 0 Å². The lowest BCUT2D eigenvalue weighted by Crippen LogP contribution is -2.55. The first-order valence-electron chi connectivity index (χ1n) is 10.3. The van der Waals surface area contributed by atoms with Crippen molar-refractivity contribution in [3.63, 3.8) is 0 Å². The molecule has 1 aromatic heterocycles. The van der Waals surface area contributed by atoms with E-state index < -0.39 is 0 Å². The van der Waals surface area contributed by atoms with E-state index in [4.69, 9.17) is 0 Å². The zero-order valence-electron chi connectivity index (χ0n) is 17.8. The van der Waals surface area contributed by atoms with Gasteiger partial charge in [0, 0.05) is 45.1 Å². The van der Waals surface area contributed by atoms with Gasteiger partial charge in [-0.25, -0.2) is 4.99 Å². The number of carbonyl (C=O) groups is 2.